The lowest BCUT2D eigenvalue weighted by atomic mass is 10.1. The van der Waals surface area contributed by atoms with Crippen molar-refractivity contribution in [2.75, 3.05) is 0 Å². The van der Waals surface area contributed by atoms with E-state index in [0.29, 0.717) is 20.6 Å². The zero-order chi connectivity index (χ0) is 23.3. The van der Waals surface area contributed by atoms with E-state index in [1.54, 1.807) is 47.4 Å². The van der Waals surface area contributed by atoms with Gasteiger partial charge in [-0.25, -0.2) is 14.9 Å². The minimum atomic E-state index is -0.516. The number of hydrogen-bond donors (Lipinski definition) is 0. The number of hydrogen-bond acceptors (Lipinski definition) is 9. The molecule has 5 rings (SSSR count). The molecule has 0 radical (unpaired) electrons. The van der Waals surface area contributed by atoms with Crippen molar-refractivity contribution in [3.05, 3.63) is 101 Å². The molecular formula is C20H9Br2N7O4. The fourth-order valence-electron chi connectivity index (χ4n) is 3.38. The van der Waals surface area contributed by atoms with Gasteiger partial charge in [0.2, 0.25) is 5.96 Å². The lowest BCUT2D eigenvalue weighted by molar-refractivity contribution is -0.385. The standard InChI is InChI=1S/C20H9Br2N7O4/c21-10-4-6-12(14(8-10)28(30)31)18-23-16-2-1-3-17-24-19(26-20(25-18)27(16)17)13-7-5-11(22)9-15(13)29(32)33/h1-9H. The summed E-state index contributed by atoms with van der Waals surface area (Å²) in [5.74, 6) is 1.17. The van der Waals surface area contributed by atoms with E-state index >= 15 is 0 Å². The number of halogens is 2. The molecule has 0 fully saturated rings. The molecule has 3 aliphatic heterocycles. The van der Waals surface area contributed by atoms with E-state index in [4.69, 9.17) is 0 Å². The SMILES string of the molecule is O=[N+]([O-])c1cc(Br)ccc1C1=NC2=CC=CC3=NC(c4ccc(Br)cc4[N+](=O)[O-])=NC(=N1)N23. The minimum absolute atomic E-state index is 0.0941. The maximum absolute atomic E-state index is 11.6. The molecule has 0 saturated heterocycles. The van der Waals surface area contributed by atoms with Crippen molar-refractivity contribution < 1.29 is 9.85 Å². The monoisotopic (exact) mass is 569 g/mol. The van der Waals surface area contributed by atoms with Gasteiger partial charge in [0.05, 0.1) is 21.0 Å². The maximum Gasteiger partial charge on any atom is 0.281 e. The number of amidine groups is 3. The predicted octanol–water partition coefficient (Wildman–Crippen LogP) is 4.72. The Bertz CT molecular complexity index is 1390. The molecule has 3 aliphatic rings. The predicted molar refractivity (Wildman–Crippen MR) is 129 cm³/mol. The molecule has 0 aromatic heterocycles. The molecule has 0 unspecified atom stereocenters. The summed E-state index contributed by atoms with van der Waals surface area (Å²) in [5, 5.41) is 23.2. The summed E-state index contributed by atoms with van der Waals surface area (Å²) in [5.41, 5.74) is 0.0677. The first-order chi connectivity index (χ1) is 15.8. The van der Waals surface area contributed by atoms with Crippen LogP contribution in [-0.2, 0) is 0 Å². The first kappa shape index (κ1) is 21.0. The zero-order valence-electron chi connectivity index (χ0n) is 16.2. The van der Waals surface area contributed by atoms with Crippen molar-refractivity contribution >= 4 is 66.7 Å². The molecule has 0 N–H and O–H groups in total. The summed E-state index contributed by atoms with van der Waals surface area (Å²) >= 11 is 6.48. The van der Waals surface area contributed by atoms with Crippen LogP contribution in [0.5, 0.6) is 0 Å². The molecule has 0 atom stereocenters. The number of guanidine groups is 1. The molecule has 0 amide bonds. The summed E-state index contributed by atoms with van der Waals surface area (Å²) < 4.78 is 1.08. The molecule has 2 aromatic rings. The van der Waals surface area contributed by atoms with Crippen molar-refractivity contribution in [1.82, 2.24) is 4.90 Å². The molecule has 0 spiro atoms. The zero-order valence-corrected chi connectivity index (χ0v) is 19.4. The van der Waals surface area contributed by atoms with Crippen molar-refractivity contribution in [2.24, 2.45) is 20.0 Å². The van der Waals surface area contributed by atoms with Crippen molar-refractivity contribution in [3.63, 3.8) is 0 Å². The largest absolute Gasteiger partial charge is 0.281 e. The summed E-state index contributed by atoms with van der Waals surface area (Å²) in [6.07, 6.45) is 5.10. The van der Waals surface area contributed by atoms with E-state index in [0.717, 1.165) is 0 Å². The second-order valence-electron chi connectivity index (χ2n) is 6.81. The highest BCUT2D eigenvalue weighted by atomic mass is 79.9. The third kappa shape index (κ3) is 3.70. The van der Waals surface area contributed by atoms with Gasteiger partial charge in [-0.2, -0.15) is 9.98 Å². The van der Waals surface area contributed by atoms with Gasteiger partial charge in [-0.1, -0.05) is 37.9 Å². The molecule has 0 aliphatic carbocycles. The third-order valence-electron chi connectivity index (χ3n) is 4.80. The van der Waals surface area contributed by atoms with Gasteiger partial charge >= 0.3 is 0 Å². The quantitative estimate of drug-likeness (QED) is 0.386. The van der Waals surface area contributed by atoms with Crippen molar-refractivity contribution in [3.8, 4) is 0 Å². The highest BCUT2D eigenvalue weighted by Crippen LogP contribution is 2.31. The second kappa shape index (κ2) is 7.94. The van der Waals surface area contributed by atoms with Crippen LogP contribution in [0.2, 0.25) is 0 Å². The van der Waals surface area contributed by atoms with Gasteiger partial charge in [-0.15, -0.1) is 0 Å². The van der Waals surface area contributed by atoms with Crippen LogP contribution in [-0.4, -0.2) is 38.2 Å². The van der Waals surface area contributed by atoms with Gasteiger partial charge < -0.3 is 0 Å². The van der Waals surface area contributed by atoms with Crippen molar-refractivity contribution in [2.45, 2.75) is 0 Å². The Hall–Kier alpha value is -3.84. The van der Waals surface area contributed by atoms with Crippen LogP contribution in [0, 0.1) is 20.2 Å². The van der Waals surface area contributed by atoms with E-state index < -0.39 is 9.85 Å². The van der Waals surface area contributed by atoms with Crippen LogP contribution < -0.4 is 0 Å². The number of aliphatic imine (C=N–C) groups is 4. The Kier molecular flexibility index (Phi) is 5.06. The van der Waals surface area contributed by atoms with Gasteiger partial charge in [0, 0.05) is 21.1 Å². The number of nitro benzene ring substituents is 2. The average Bonchev–Trinajstić information content (AvgIpc) is 2.78. The molecule has 11 nitrogen and oxygen atoms in total. The van der Waals surface area contributed by atoms with Crippen LogP contribution in [0.4, 0.5) is 11.4 Å². The number of nitro groups is 2. The van der Waals surface area contributed by atoms with Gasteiger partial charge in [0.25, 0.3) is 11.4 Å². The molecule has 0 saturated carbocycles. The third-order valence-corrected chi connectivity index (χ3v) is 5.78. The van der Waals surface area contributed by atoms with Gasteiger partial charge in [0.1, 0.15) is 11.7 Å². The van der Waals surface area contributed by atoms with Gasteiger partial charge in [0.15, 0.2) is 11.7 Å². The highest BCUT2D eigenvalue weighted by molar-refractivity contribution is 9.10. The van der Waals surface area contributed by atoms with Crippen LogP contribution in [0.3, 0.4) is 0 Å². The van der Waals surface area contributed by atoms with Crippen LogP contribution >= 0.6 is 31.9 Å². The van der Waals surface area contributed by atoms with E-state index in [1.807, 2.05) is 0 Å². The van der Waals surface area contributed by atoms with Gasteiger partial charge in [-0.05, 0) is 36.4 Å². The number of benzene rings is 2. The van der Waals surface area contributed by atoms with Crippen LogP contribution in [0.1, 0.15) is 11.1 Å². The van der Waals surface area contributed by atoms with E-state index in [2.05, 4.69) is 51.8 Å². The lowest BCUT2D eigenvalue weighted by Crippen LogP contribution is -2.41. The molecule has 0 bridgehead atoms. The van der Waals surface area contributed by atoms with Gasteiger partial charge in [-0.3, -0.25) is 20.2 Å². The number of allylic oxidation sites excluding steroid dienone is 2. The van der Waals surface area contributed by atoms with Crippen LogP contribution in [0.25, 0.3) is 0 Å². The first-order valence-corrected chi connectivity index (χ1v) is 10.8. The normalized spacial score (nSPS) is 16.2. The minimum Gasteiger partial charge on any atom is -0.258 e. The van der Waals surface area contributed by atoms with E-state index in [1.165, 1.54) is 12.1 Å². The molecule has 162 valence electrons. The fraction of sp³-hybridized carbons (Fsp3) is 0. The first-order valence-electron chi connectivity index (χ1n) is 9.24. The molecular weight excluding hydrogens is 562 g/mol. The average molecular weight is 571 g/mol. The Balaban J connectivity index is 1.69. The highest BCUT2D eigenvalue weighted by Gasteiger charge is 2.34. The van der Waals surface area contributed by atoms with E-state index in [9.17, 15) is 20.2 Å². The smallest absolute Gasteiger partial charge is 0.258 e. The Morgan fingerprint density at radius 3 is 1.94 bits per heavy atom. The molecule has 33 heavy (non-hydrogen) atoms. The lowest BCUT2D eigenvalue weighted by Gasteiger charge is -2.31. The molecule has 3 heterocycles. The Morgan fingerprint density at radius 1 is 0.788 bits per heavy atom. The van der Waals surface area contributed by atoms with Crippen LogP contribution in [0.15, 0.2) is 89.4 Å². The topological polar surface area (TPSA) is 139 Å². The number of rotatable bonds is 4. The molecule has 13 heteroatoms. The van der Waals surface area contributed by atoms with E-state index in [-0.39, 0.29) is 40.1 Å². The second-order valence-corrected chi connectivity index (χ2v) is 8.64. The number of nitrogens with zero attached hydrogens (tertiary/aromatic N) is 7. The summed E-state index contributed by atoms with van der Waals surface area (Å²) in [4.78, 5) is 41.6. The Labute approximate surface area is 201 Å². The molecule has 2 aromatic carbocycles. The fourth-order valence-corrected chi connectivity index (χ4v) is 4.08. The maximum atomic E-state index is 11.6. The summed E-state index contributed by atoms with van der Waals surface area (Å²) in [7, 11) is 0. The summed E-state index contributed by atoms with van der Waals surface area (Å²) in [6, 6.07) is 9.13. The van der Waals surface area contributed by atoms with Crippen molar-refractivity contribution in [1.29, 1.82) is 0 Å². The Morgan fingerprint density at radius 2 is 1.36 bits per heavy atom. The summed E-state index contributed by atoms with van der Waals surface area (Å²) in [6.45, 7) is 0.